The van der Waals surface area contributed by atoms with Crippen LogP contribution in [-0.2, 0) is 4.74 Å². The molecule has 1 amide bonds. The summed E-state index contributed by atoms with van der Waals surface area (Å²) in [6.07, 6.45) is 0. The van der Waals surface area contributed by atoms with Crippen LogP contribution in [0.5, 0.6) is 11.5 Å². The molecule has 128 valence electrons. The van der Waals surface area contributed by atoms with Crippen LogP contribution in [0.3, 0.4) is 0 Å². The first-order valence-corrected chi connectivity index (χ1v) is 7.69. The number of anilines is 1. The van der Waals surface area contributed by atoms with E-state index in [4.69, 9.17) is 19.9 Å². The van der Waals surface area contributed by atoms with Crippen LogP contribution >= 0.6 is 0 Å². The summed E-state index contributed by atoms with van der Waals surface area (Å²) in [7, 11) is 1.60. The molecule has 0 radical (unpaired) electrons. The maximum atomic E-state index is 12.5. The summed E-state index contributed by atoms with van der Waals surface area (Å²) in [4.78, 5) is 12.5. The van der Waals surface area contributed by atoms with Crippen molar-refractivity contribution in [1.29, 1.82) is 0 Å². The molecule has 0 atom stereocenters. The SMILES string of the molecule is COCCOc1ccccc1C(=O)Nc1ccc(OCCN)cc1. The molecule has 0 aliphatic carbocycles. The van der Waals surface area contributed by atoms with Crippen molar-refractivity contribution < 1.29 is 19.0 Å². The molecule has 2 aromatic carbocycles. The monoisotopic (exact) mass is 330 g/mol. The maximum absolute atomic E-state index is 12.5. The van der Waals surface area contributed by atoms with Crippen LogP contribution in [0.25, 0.3) is 0 Å². The number of methoxy groups -OCH3 is 1. The number of carbonyl (C=O) groups is 1. The van der Waals surface area contributed by atoms with Gasteiger partial charge >= 0.3 is 0 Å². The minimum absolute atomic E-state index is 0.237. The predicted octanol–water partition coefficient (Wildman–Crippen LogP) is 2.30. The Labute approximate surface area is 141 Å². The third-order valence-electron chi connectivity index (χ3n) is 3.18. The van der Waals surface area contributed by atoms with Crippen LogP contribution in [0, 0.1) is 0 Å². The quantitative estimate of drug-likeness (QED) is 0.689. The largest absolute Gasteiger partial charge is 0.492 e. The average molecular weight is 330 g/mol. The third-order valence-corrected chi connectivity index (χ3v) is 3.18. The molecule has 3 N–H and O–H groups in total. The fourth-order valence-corrected chi connectivity index (χ4v) is 2.02. The molecule has 0 spiro atoms. The van der Waals surface area contributed by atoms with Gasteiger partial charge in [-0.1, -0.05) is 12.1 Å². The number of benzene rings is 2. The molecule has 6 nitrogen and oxygen atoms in total. The first-order chi connectivity index (χ1) is 11.7. The third kappa shape index (κ3) is 5.26. The fraction of sp³-hybridized carbons (Fsp3) is 0.278. The number of ether oxygens (including phenoxy) is 3. The molecule has 6 heteroatoms. The summed E-state index contributed by atoms with van der Waals surface area (Å²) in [6, 6.07) is 14.2. The lowest BCUT2D eigenvalue weighted by molar-refractivity contribution is 0.101. The lowest BCUT2D eigenvalue weighted by atomic mass is 10.2. The molecule has 0 heterocycles. The molecule has 0 bridgehead atoms. The molecule has 0 aliphatic heterocycles. The zero-order valence-corrected chi connectivity index (χ0v) is 13.7. The van der Waals surface area contributed by atoms with E-state index in [-0.39, 0.29) is 5.91 Å². The second-order valence-corrected chi connectivity index (χ2v) is 4.95. The van der Waals surface area contributed by atoms with Crippen LogP contribution in [-0.4, -0.2) is 39.4 Å². The molecule has 0 unspecified atom stereocenters. The van der Waals surface area contributed by atoms with E-state index in [9.17, 15) is 4.79 Å². The lowest BCUT2D eigenvalue weighted by Crippen LogP contribution is -2.15. The van der Waals surface area contributed by atoms with Gasteiger partial charge in [0.1, 0.15) is 24.7 Å². The Morgan fingerprint density at radius 2 is 1.75 bits per heavy atom. The summed E-state index contributed by atoms with van der Waals surface area (Å²) in [6.45, 7) is 1.75. The average Bonchev–Trinajstić information content (AvgIpc) is 2.62. The smallest absolute Gasteiger partial charge is 0.259 e. The van der Waals surface area contributed by atoms with Crippen molar-refractivity contribution in [3.05, 3.63) is 54.1 Å². The van der Waals surface area contributed by atoms with Crippen molar-refractivity contribution in [3.8, 4) is 11.5 Å². The van der Waals surface area contributed by atoms with Gasteiger partial charge in [-0.05, 0) is 36.4 Å². The molecule has 0 saturated carbocycles. The van der Waals surface area contributed by atoms with E-state index in [0.717, 1.165) is 0 Å². The first kappa shape index (κ1) is 17.8. The van der Waals surface area contributed by atoms with Crippen LogP contribution in [0.1, 0.15) is 10.4 Å². The van der Waals surface area contributed by atoms with Gasteiger partial charge in [-0.15, -0.1) is 0 Å². The number of carbonyl (C=O) groups excluding carboxylic acids is 1. The number of rotatable bonds is 9. The van der Waals surface area contributed by atoms with E-state index >= 15 is 0 Å². The molecule has 0 saturated heterocycles. The van der Waals surface area contributed by atoms with Crippen molar-refractivity contribution in [2.24, 2.45) is 5.73 Å². The highest BCUT2D eigenvalue weighted by molar-refractivity contribution is 6.06. The van der Waals surface area contributed by atoms with E-state index in [0.29, 0.717) is 49.1 Å². The Morgan fingerprint density at radius 1 is 1.00 bits per heavy atom. The zero-order valence-electron chi connectivity index (χ0n) is 13.7. The van der Waals surface area contributed by atoms with Crippen molar-refractivity contribution in [1.82, 2.24) is 0 Å². The molecule has 0 aliphatic rings. The van der Waals surface area contributed by atoms with Crippen molar-refractivity contribution >= 4 is 11.6 Å². The van der Waals surface area contributed by atoms with Gasteiger partial charge in [0.05, 0.1) is 12.2 Å². The molecule has 0 fully saturated rings. The summed E-state index contributed by atoms with van der Waals surface area (Å²) in [5.41, 5.74) is 6.54. The number of nitrogens with one attached hydrogen (secondary N) is 1. The Kier molecular flexibility index (Phi) is 7.07. The molecular weight excluding hydrogens is 308 g/mol. The van der Waals surface area contributed by atoms with Crippen molar-refractivity contribution in [2.75, 3.05) is 38.8 Å². The topological polar surface area (TPSA) is 82.8 Å². The summed E-state index contributed by atoms with van der Waals surface area (Å²) in [5, 5.41) is 2.84. The van der Waals surface area contributed by atoms with E-state index < -0.39 is 0 Å². The van der Waals surface area contributed by atoms with Gasteiger partial charge in [0, 0.05) is 19.3 Å². The normalized spacial score (nSPS) is 10.2. The Bertz CT molecular complexity index is 644. The van der Waals surface area contributed by atoms with Gasteiger partial charge in [-0.3, -0.25) is 4.79 Å². The Hall–Kier alpha value is -2.57. The van der Waals surface area contributed by atoms with E-state index in [2.05, 4.69) is 5.32 Å². The van der Waals surface area contributed by atoms with Crippen LogP contribution in [0.4, 0.5) is 5.69 Å². The van der Waals surface area contributed by atoms with E-state index in [1.807, 2.05) is 6.07 Å². The lowest BCUT2D eigenvalue weighted by Gasteiger charge is -2.12. The minimum Gasteiger partial charge on any atom is -0.492 e. The molecule has 24 heavy (non-hydrogen) atoms. The van der Waals surface area contributed by atoms with Gasteiger partial charge in [0.2, 0.25) is 0 Å². The number of hydrogen-bond acceptors (Lipinski definition) is 5. The highest BCUT2D eigenvalue weighted by Crippen LogP contribution is 2.21. The summed E-state index contributed by atoms with van der Waals surface area (Å²) in [5.74, 6) is 0.996. The highest BCUT2D eigenvalue weighted by atomic mass is 16.5. The van der Waals surface area contributed by atoms with Crippen molar-refractivity contribution in [3.63, 3.8) is 0 Å². The summed E-state index contributed by atoms with van der Waals surface area (Å²) < 4.78 is 15.9. The van der Waals surface area contributed by atoms with Gasteiger partial charge in [-0.2, -0.15) is 0 Å². The van der Waals surface area contributed by atoms with Gasteiger partial charge in [-0.25, -0.2) is 0 Å². The molecular formula is C18H22N2O4. The zero-order chi connectivity index (χ0) is 17.2. The van der Waals surface area contributed by atoms with Crippen LogP contribution < -0.4 is 20.5 Å². The minimum atomic E-state index is -0.237. The van der Waals surface area contributed by atoms with E-state index in [1.165, 1.54) is 0 Å². The van der Waals surface area contributed by atoms with Gasteiger partial charge in [0.15, 0.2) is 0 Å². The Balaban J connectivity index is 2.01. The van der Waals surface area contributed by atoms with Crippen LogP contribution in [0.2, 0.25) is 0 Å². The highest BCUT2D eigenvalue weighted by Gasteiger charge is 2.12. The first-order valence-electron chi connectivity index (χ1n) is 7.69. The van der Waals surface area contributed by atoms with Gasteiger partial charge in [0.25, 0.3) is 5.91 Å². The number of hydrogen-bond donors (Lipinski definition) is 2. The second-order valence-electron chi connectivity index (χ2n) is 4.95. The standard InChI is InChI=1S/C18H22N2O4/c1-22-12-13-24-17-5-3-2-4-16(17)18(21)20-14-6-8-15(9-7-14)23-11-10-19/h2-9H,10-13,19H2,1H3,(H,20,21). The fourth-order valence-electron chi connectivity index (χ4n) is 2.02. The molecule has 2 rings (SSSR count). The second kappa shape index (κ2) is 9.54. The summed E-state index contributed by atoms with van der Waals surface area (Å²) >= 11 is 0. The number of para-hydroxylation sites is 1. The number of nitrogens with two attached hydrogens (primary N) is 1. The molecule has 0 aromatic heterocycles. The van der Waals surface area contributed by atoms with E-state index in [1.54, 1.807) is 49.6 Å². The van der Waals surface area contributed by atoms with Crippen LogP contribution in [0.15, 0.2) is 48.5 Å². The Morgan fingerprint density at radius 3 is 2.46 bits per heavy atom. The number of amides is 1. The molecule has 2 aromatic rings. The maximum Gasteiger partial charge on any atom is 0.259 e. The van der Waals surface area contributed by atoms with Crippen molar-refractivity contribution in [2.45, 2.75) is 0 Å². The van der Waals surface area contributed by atoms with Gasteiger partial charge < -0.3 is 25.3 Å². The predicted molar refractivity (Wildman–Crippen MR) is 92.8 cm³/mol.